The number of carbonyl (C=O) groups is 1. The Labute approximate surface area is 189 Å². The lowest BCUT2D eigenvalue weighted by atomic mass is 10.0. The van der Waals surface area contributed by atoms with Gasteiger partial charge in [0.05, 0.1) is 0 Å². The summed E-state index contributed by atoms with van der Waals surface area (Å²) < 4.78 is 0. The number of guanidine groups is 1. The lowest BCUT2D eigenvalue weighted by Crippen LogP contribution is -2.44. The van der Waals surface area contributed by atoms with Crippen LogP contribution >= 0.6 is 24.0 Å². The predicted octanol–water partition coefficient (Wildman–Crippen LogP) is 3.15. The zero-order chi connectivity index (χ0) is 19.8. The number of rotatable bonds is 6. The Kier molecular flexibility index (Phi) is 9.24. The fourth-order valence-corrected chi connectivity index (χ4v) is 3.32. The van der Waals surface area contributed by atoms with E-state index in [1.807, 2.05) is 0 Å². The molecule has 2 aromatic carbocycles. The maximum atomic E-state index is 12.1. The molecule has 0 spiro atoms. The quantitative estimate of drug-likeness (QED) is 0.243. The van der Waals surface area contributed by atoms with Crippen LogP contribution in [0, 0.1) is 0 Å². The first-order valence-electron chi connectivity index (χ1n) is 9.84. The minimum absolute atomic E-state index is 0. The summed E-state index contributed by atoms with van der Waals surface area (Å²) in [4.78, 5) is 19.1. The van der Waals surface area contributed by atoms with Crippen LogP contribution in [0.25, 0.3) is 0 Å². The summed E-state index contributed by atoms with van der Waals surface area (Å²) in [5.74, 6) is 0.839. The molecule has 0 fully saturated rings. The van der Waals surface area contributed by atoms with Gasteiger partial charge in [-0.25, -0.2) is 0 Å². The lowest BCUT2D eigenvalue weighted by Gasteiger charge is -2.31. The van der Waals surface area contributed by atoms with Gasteiger partial charge in [0.15, 0.2) is 5.96 Å². The van der Waals surface area contributed by atoms with Crippen LogP contribution in [0.15, 0.2) is 53.5 Å². The summed E-state index contributed by atoms with van der Waals surface area (Å²) in [6.45, 7) is 5.91. The van der Waals surface area contributed by atoms with Gasteiger partial charge in [-0.15, -0.1) is 24.0 Å². The summed E-state index contributed by atoms with van der Waals surface area (Å²) in [5.41, 5.74) is 3.24. The van der Waals surface area contributed by atoms with Crippen molar-refractivity contribution < 1.29 is 9.90 Å². The molecule has 29 heavy (non-hydrogen) atoms. The van der Waals surface area contributed by atoms with Crippen molar-refractivity contribution in [2.75, 3.05) is 26.2 Å². The van der Waals surface area contributed by atoms with Crippen LogP contribution in [0.3, 0.4) is 0 Å². The van der Waals surface area contributed by atoms with E-state index in [0.29, 0.717) is 18.7 Å². The molecule has 0 saturated carbocycles. The van der Waals surface area contributed by atoms with Crippen LogP contribution in [-0.4, -0.2) is 48.1 Å². The molecule has 1 aliphatic rings. The smallest absolute Gasteiger partial charge is 0.251 e. The van der Waals surface area contributed by atoms with E-state index in [1.54, 1.807) is 18.2 Å². The van der Waals surface area contributed by atoms with E-state index in [2.05, 4.69) is 46.7 Å². The van der Waals surface area contributed by atoms with Gasteiger partial charge in [0, 0.05) is 38.3 Å². The molecule has 6 nitrogen and oxygen atoms in total. The maximum Gasteiger partial charge on any atom is 0.251 e. The van der Waals surface area contributed by atoms with Crippen molar-refractivity contribution in [3.8, 4) is 5.75 Å². The normalized spacial score (nSPS) is 13.3. The first-order valence-corrected chi connectivity index (χ1v) is 9.84. The SMILES string of the molecule is CCNC(=NCCCNC(=O)c1cccc(O)c1)N1CCc2ccccc2C1.I. The van der Waals surface area contributed by atoms with E-state index < -0.39 is 0 Å². The summed E-state index contributed by atoms with van der Waals surface area (Å²) in [6.07, 6.45) is 1.78. The van der Waals surface area contributed by atoms with Crippen molar-refractivity contribution >= 4 is 35.8 Å². The lowest BCUT2D eigenvalue weighted by molar-refractivity contribution is 0.0953. The highest BCUT2D eigenvalue weighted by Gasteiger charge is 2.18. The van der Waals surface area contributed by atoms with Crippen molar-refractivity contribution in [2.45, 2.75) is 26.3 Å². The molecule has 3 N–H and O–H groups in total. The second-order valence-corrected chi connectivity index (χ2v) is 6.84. The molecule has 156 valence electrons. The van der Waals surface area contributed by atoms with E-state index >= 15 is 0 Å². The topological polar surface area (TPSA) is 77.0 Å². The molecule has 0 radical (unpaired) electrons. The highest BCUT2D eigenvalue weighted by Crippen LogP contribution is 2.18. The number of nitrogens with one attached hydrogen (secondary N) is 2. The number of nitrogens with zero attached hydrogens (tertiary/aromatic N) is 2. The first kappa shape index (κ1) is 23.0. The van der Waals surface area contributed by atoms with Gasteiger partial charge >= 0.3 is 0 Å². The monoisotopic (exact) mass is 508 g/mol. The second-order valence-electron chi connectivity index (χ2n) is 6.84. The minimum Gasteiger partial charge on any atom is -0.508 e. The van der Waals surface area contributed by atoms with Gasteiger partial charge in [-0.05, 0) is 49.1 Å². The molecule has 0 aliphatic carbocycles. The number of fused-ring (bicyclic) bond motifs is 1. The zero-order valence-electron chi connectivity index (χ0n) is 16.7. The van der Waals surface area contributed by atoms with Gasteiger partial charge in [0.25, 0.3) is 5.91 Å². The number of amides is 1. The predicted molar refractivity (Wildman–Crippen MR) is 127 cm³/mol. The summed E-state index contributed by atoms with van der Waals surface area (Å²) in [7, 11) is 0. The number of phenols is 1. The first-order chi connectivity index (χ1) is 13.7. The van der Waals surface area contributed by atoms with Crippen LogP contribution in [0.2, 0.25) is 0 Å². The molecule has 0 bridgehead atoms. The highest BCUT2D eigenvalue weighted by molar-refractivity contribution is 14.0. The molecule has 3 rings (SSSR count). The van der Waals surface area contributed by atoms with Crippen LogP contribution in [-0.2, 0) is 13.0 Å². The number of carbonyl (C=O) groups excluding carboxylic acids is 1. The zero-order valence-corrected chi connectivity index (χ0v) is 19.1. The fourth-order valence-electron chi connectivity index (χ4n) is 3.32. The molecule has 1 amide bonds. The Morgan fingerprint density at radius 3 is 2.69 bits per heavy atom. The highest BCUT2D eigenvalue weighted by atomic mass is 127. The van der Waals surface area contributed by atoms with Crippen LogP contribution in [0.5, 0.6) is 5.75 Å². The number of phenolic OH excluding ortho intramolecular Hbond substituents is 1. The van der Waals surface area contributed by atoms with Crippen molar-refractivity contribution in [2.24, 2.45) is 4.99 Å². The van der Waals surface area contributed by atoms with Gasteiger partial charge in [-0.3, -0.25) is 9.79 Å². The second kappa shape index (κ2) is 11.6. The summed E-state index contributed by atoms with van der Waals surface area (Å²) >= 11 is 0. The molecule has 0 atom stereocenters. The Morgan fingerprint density at radius 2 is 1.93 bits per heavy atom. The van der Waals surface area contributed by atoms with E-state index in [9.17, 15) is 9.90 Å². The van der Waals surface area contributed by atoms with Crippen LogP contribution in [0.1, 0.15) is 34.8 Å². The molecule has 0 unspecified atom stereocenters. The molecular weight excluding hydrogens is 479 g/mol. The van der Waals surface area contributed by atoms with Crippen molar-refractivity contribution in [3.63, 3.8) is 0 Å². The molecule has 0 aromatic heterocycles. The fraction of sp³-hybridized carbons (Fsp3) is 0.364. The Bertz CT molecular complexity index is 841. The number of hydrogen-bond acceptors (Lipinski definition) is 3. The average molecular weight is 508 g/mol. The largest absolute Gasteiger partial charge is 0.508 e. The van der Waals surface area contributed by atoms with Gasteiger partial charge in [0.1, 0.15) is 5.75 Å². The number of aliphatic imine (C=N–C) groups is 1. The average Bonchev–Trinajstić information content (AvgIpc) is 2.72. The third-order valence-electron chi connectivity index (χ3n) is 4.76. The molecule has 1 aliphatic heterocycles. The van der Waals surface area contributed by atoms with E-state index in [1.165, 1.54) is 17.2 Å². The van der Waals surface area contributed by atoms with Gasteiger partial charge in [-0.2, -0.15) is 0 Å². The molecule has 2 aromatic rings. The molecule has 7 heteroatoms. The summed E-state index contributed by atoms with van der Waals surface area (Å²) in [6, 6.07) is 14.9. The van der Waals surface area contributed by atoms with Crippen LogP contribution < -0.4 is 10.6 Å². The van der Waals surface area contributed by atoms with E-state index in [4.69, 9.17) is 4.99 Å². The molecular formula is C22H29IN4O2. The van der Waals surface area contributed by atoms with E-state index in [-0.39, 0.29) is 35.6 Å². The van der Waals surface area contributed by atoms with Gasteiger partial charge in [-0.1, -0.05) is 30.3 Å². The van der Waals surface area contributed by atoms with Crippen molar-refractivity contribution in [1.82, 2.24) is 15.5 Å². The Hall–Kier alpha value is -2.29. The molecule has 1 heterocycles. The number of hydrogen-bond donors (Lipinski definition) is 3. The summed E-state index contributed by atoms with van der Waals surface area (Å²) in [5, 5.41) is 15.7. The van der Waals surface area contributed by atoms with Crippen molar-refractivity contribution in [3.05, 3.63) is 65.2 Å². The van der Waals surface area contributed by atoms with Crippen molar-refractivity contribution in [1.29, 1.82) is 0 Å². The third-order valence-corrected chi connectivity index (χ3v) is 4.76. The molecule has 0 saturated heterocycles. The number of aromatic hydroxyl groups is 1. The third kappa shape index (κ3) is 6.62. The Morgan fingerprint density at radius 1 is 1.14 bits per heavy atom. The standard InChI is InChI=1S/C22H28N4O2.HI/c1-2-23-22(26-14-11-17-7-3-4-8-19(17)16-26)25-13-6-12-24-21(28)18-9-5-10-20(27)15-18;/h3-5,7-10,15,27H,2,6,11-14,16H2,1H3,(H,23,25)(H,24,28);1H. The van der Waals surface area contributed by atoms with Gasteiger partial charge in [0.2, 0.25) is 0 Å². The number of benzene rings is 2. The number of halogens is 1. The Balaban J connectivity index is 0.00000300. The van der Waals surface area contributed by atoms with E-state index in [0.717, 1.165) is 38.4 Å². The van der Waals surface area contributed by atoms with Crippen LogP contribution in [0.4, 0.5) is 0 Å². The maximum absolute atomic E-state index is 12.1. The minimum atomic E-state index is -0.181. The van der Waals surface area contributed by atoms with Gasteiger partial charge < -0.3 is 20.6 Å².